The Hall–Kier alpha value is -0.910. The van der Waals surface area contributed by atoms with Gasteiger partial charge in [-0.05, 0) is 50.1 Å². The number of hydrogen-bond donors (Lipinski definition) is 1. The minimum atomic E-state index is -0.742. The van der Waals surface area contributed by atoms with Crippen LogP contribution in [-0.2, 0) is 0 Å². The minimum absolute atomic E-state index is 0.742. The van der Waals surface area contributed by atoms with Gasteiger partial charge in [-0.25, -0.2) is 0 Å². The predicted molar refractivity (Wildman–Crippen MR) is 73.1 cm³/mol. The van der Waals surface area contributed by atoms with Crippen molar-refractivity contribution < 1.29 is 5.11 Å². The van der Waals surface area contributed by atoms with Crippen LogP contribution in [0.25, 0.3) is 0 Å². The molecule has 0 spiro atoms. The summed E-state index contributed by atoms with van der Waals surface area (Å²) in [5.41, 5.74) is 0.254. The van der Waals surface area contributed by atoms with Gasteiger partial charge in [-0.3, -0.25) is 0 Å². The smallest absolute Gasteiger partial charge is 0.125 e. The highest BCUT2D eigenvalue weighted by molar-refractivity contribution is 7.98. The molecule has 1 aliphatic carbocycles. The Kier molecular flexibility index (Phi) is 4.15. The van der Waals surface area contributed by atoms with Crippen molar-refractivity contribution in [2.75, 3.05) is 6.26 Å². The highest BCUT2D eigenvalue weighted by atomic mass is 32.2. The van der Waals surface area contributed by atoms with E-state index in [0.717, 1.165) is 31.2 Å². The van der Waals surface area contributed by atoms with E-state index < -0.39 is 5.60 Å². The molecule has 1 nitrogen and oxygen atoms in total. The van der Waals surface area contributed by atoms with Gasteiger partial charge in [0.25, 0.3) is 0 Å². The molecule has 0 unspecified atom stereocenters. The zero-order chi connectivity index (χ0) is 12.1. The first-order valence-corrected chi connectivity index (χ1v) is 7.34. The maximum atomic E-state index is 10.3. The minimum Gasteiger partial charge on any atom is -0.378 e. The van der Waals surface area contributed by atoms with Crippen molar-refractivity contribution >= 4 is 11.8 Å². The Bertz CT molecular complexity index is 436. The molecular formula is C15H18OS. The van der Waals surface area contributed by atoms with E-state index in [-0.39, 0.29) is 0 Å². The van der Waals surface area contributed by atoms with Crippen LogP contribution in [0.3, 0.4) is 0 Å². The van der Waals surface area contributed by atoms with Gasteiger partial charge in [-0.15, -0.1) is 11.8 Å². The molecule has 0 heterocycles. The van der Waals surface area contributed by atoms with E-state index in [1.165, 1.54) is 11.3 Å². The Morgan fingerprint density at radius 1 is 1.24 bits per heavy atom. The van der Waals surface area contributed by atoms with E-state index >= 15 is 0 Å². The maximum absolute atomic E-state index is 10.3. The molecule has 1 N–H and O–H groups in total. The van der Waals surface area contributed by atoms with Crippen LogP contribution in [0, 0.1) is 11.8 Å². The second-order valence-electron chi connectivity index (χ2n) is 4.57. The zero-order valence-electron chi connectivity index (χ0n) is 10.2. The molecule has 0 radical (unpaired) electrons. The van der Waals surface area contributed by atoms with Gasteiger partial charge in [-0.2, -0.15) is 0 Å². The molecule has 2 heteroatoms. The van der Waals surface area contributed by atoms with Crippen LogP contribution in [0.5, 0.6) is 0 Å². The third-order valence-electron chi connectivity index (χ3n) is 3.19. The molecule has 1 aromatic carbocycles. The Balaban J connectivity index is 2.14. The van der Waals surface area contributed by atoms with Crippen molar-refractivity contribution in [1.29, 1.82) is 0 Å². The van der Waals surface area contributed by atoms with Crippen molar-refractivity contribution in [3.05, 3.63) is 29.8 Å². The topological polar surface area (TPSA) is 20.2 Å². The van der Waals surface area contributed by atoms with E-state index in [4.69, 9.17) is 0 Å². The molecular weight excluding hydrogens is 228 g/mol. The number of rotatable bonds is 1. The molecule has 17 heavy (non-hydrogen) atoms. The average Bonchev–Trinajstić information content (AvgIpc) is 2.38. The number of thioether (sulfide) groups is 1. The molecule has 1 aromatic rings. The highest BCUT2D eigenvalue weighted by Crippen LogP contribution is 2.27. The van der Waals surface area contributed by atoms with Gasteiger partial charge in [0.05, 0.1) is 0 Å². The first kappa shape index (κ1) is 12.5. The number of benzene rings is 1. The van der Waals surface area contributed by atoms with Gasteiger partial charge in [0.15, 0.2) is 0 Å². The van der Waals surface area contributed by atoms with Crippen molar-refractivity contribution in [3.63, 3.8) is 0 Å². The quantitative estimate of drug-likeness (QED) is 0.605. The molecule has 90 valence electrons. The van der Waals surface area contributed by atoms with Gasteiger partial charge in [-0.1, -0.05) is 24.3 Å². The lowest BCUT2D eigenvalue weighted by atomic mass is 9.85. The van der Waals surface area contributed by atoms with E-state index in [1.54, 1.807) is 11.8 Å². The molecule has 1 aliphatic rings. The summed E-state index contributed by atoms with van der Waals surface area (Å²) in [4.78, 5) is 1.22. The van der Waals surface area contributed by atoms with Gasteiger partial charge < -0.3 is 5.11 Å². The summed E-state index contributed by atoms with van der Waals surface area (Å²) in [6, 6.07) is 8.16. The summed E-state index contributed by atoms with van der Waals surface area (Å²) in [6.07, 6.45) is 7.11. The lowest BCUT2D eigenvalue weighted by Crippen LogP contribution is -2.29. The van der Waals surface area contributed by atoms with Crippen LogP contribution in [-0.4, -0.2) is 17.0 Å². The zero-order valence-corrected chi connectivity index (χ0v) is 11.0. The number of aliphatic hydroxyl groups is 1. The molecule has 1 fully saturated rings. The van der Waals surface area contributed by atoms with Gasteiger partial charge in [0.1, 0.15) is 5.60 Å². The second kappa shape index (κ2) is 5.62. The highest BCUT2D eigenvalue weighted by Gasteiger charge is 2.26. The third kappa shape index (κ3) is 3.52. The van der Waals surface area contributed by atoms with Crippen LogP contribution < -0.4 is 0 Å². The molecule has 0 bridgehead atoms. The molecule has 0 aliphatic heterocycles. The largest absolute Gasteiger partial charge is 0.378 e. The fourth-order valence-corrected chi connectivity index (χ4v) is 2.61. The van der Waals surface area contributed by atoms with Crippen molar-refractivity contribution in [1.82, 2.24) is 0 Å². The van der Waals surface area contributed by atoms with Crippen LogP contribution in [0.4, 0.5) is 0 Å². The SMILES string of the molecule is CSc1cccc(C#CC2(O)CCCCC2)c1. The van der Waals surface area contributed by atoms with Crippen LogP contribution in [0.15, 0.2) is 29.2 Å². The van der Waals surface area contributed by atoms with Crippen molar-refractivity contribution in [3.8, 4) is 11.8 Å². The van der Waals surface area contributed by atoms with E-state index in [1.807, 2.05) is 12.1 Å². The molecule has 2 rings (SSSR count). The summed E-state index contributed by atoms with van der Waals surface area (Å²) >= 11 is 1.71. The van der Waals surface area contributed by atoms with Gasteiger partial charge in [0, 0.05) is 10.5 Å². The van der Waals surface area contributed by atoms with E-state index in [0.29, 0.717) is 0 Å². The predicted octanol–water partition coefficient (Wildman–Crippen LogP) is 3.46. The number of hydrogen-bond acceptors (Lipinski definition) is 2. The standard InChI is InChI=1S/C15H18OS/c1-17-14-7-5-6-13(12-14)8-11-15(16)9-3-2-4-10-15/h5-7,12,16H,2-4,9-10H2,1H3. The average molecular weight is 246 g/mol. The Morgan fingerprint density at radius 3 is 2.71 bits per heavy atom. The van der Waals surface area contributed by atoms with E-state index in [9.17, 15) is 5.11 Å². The third-order valence-corrected chi connectivity index (χ3v) is 3.92. The summed E-state index contributed by atoms with van der Waals surface area (Å²) in [5.74, 6) is 6.18. The first-order chi connectivity index (χ1) is 8.22. The molecule has 0 amide bonds. The van der Waals surface area contributed by atoms with Crippen LogP contribution in [0.2, 0.25) is 0 Å². The summed E-state index contributed by atoms with van der Waals surface area (Å²) in [6.45, 7) is 0. The van der Waals surface area contributed by atoms with E-state index in [2.05, 4.69) is 30.2 Å². The summed E-state index contributed by atoms with van der Waals surface area (Å²) < 4.78 is 0. The fraction of sp³-hybridized carbons (Fsp3) is 0.467. The van der Waals surface area contributed by atoms with Gasteiger partial charge >= 0.3 is 0 Å². The monoisotopic (exact) mass is 246 g/mol. The maximum Gasteiger partial charge on any atom is 0.125 e. The lowest BCUT2D eigenvalue weighted by Gasteiger charge is -2.26. The summed E-state index contributed by atoms with van der Waals surface area (Å²) in [5, 5.41) is 10.3. The summed E-state index contributed by atoms with van der Waals surface area (Å²) in [7, 11) is 0. The fourth-order valence-electron chi connectivity index (χ4n) is 2.15. The molecule has 0 saturated heterocycles. The van der Waals surface area contributed by atoms with Crippen LogP contribution >= 0.6 is 11.8 Å². The van der Waals surface area contributed by atoms with Crippen LogP contribution in [0.1, 0.15) is 37.7 Å². The van der Waals surface area contributed by atoms with Gasteiger partial charge in [0.2, 0.25) is 0 Å². The molecule has 1 saturated carbocycles. The molecule has 0 aromatic heterocycles. The van der Waals surface area contributed by atoms with Crippen molar-refractivity contribution in [2.24, 2.45) is 0 Å². The normalized spacial score (nSPS) is 18.2. The molecule has 0 atom stereocenters. The second-order valence-corrected chi connectivity index (χ2v) is 5.45. The Labute approximate surface area is 108 Å². The first-order valence-electron chi connectivity index (χ1n) is 6.11. The Morgan fingerprint density at radius 2 is 2.00 bits per heavy atom. The lowest BCUT2D eigenvalue weighted by molar-refractivity contribution is 0.0610. The van der Waals surface area contributed by atoms with Crippen molar-refractivity contribution in [2.45, 2.75) is 42.6 Å².